The molecule has 1 rings (SSSR count). The Morgan fingerprint density at radius 2 is 2.00 bits per heavy atom. The zero-order valence-corrected chi connectivity index (χ0v) is 6.90. The van der Waals surface area contributed by atoms with Crippen molar-refractivity contribution in [2.24, 2.45) is 0 Å². The van der Waals surface area contributed by atoms with Crippen molar-refractivity contribution in [1.82, 2.24) is 15.4 Å². The maximum Gasteiger partial charge on any atom is 0.234 e. The molecule has 1 aromatic rings. The van der Waals surface area contributed by atoms with Crippen molar-refractivity contribution in [3.8, 4) is 0 Å². The van der Waals surface area contributed by atoms with Gasteiger partial charge in [-0.15, -0.1) is 10.2 Å². The molecule has 0 radical (unpaired) electrons. The van der Waals surface area contributed by atoms with Crippen molar-refractivity contribution in [2.75, 3.05) is 0 Å². The largest absolute Gasteiger partial charge is 0.234 e. The van der Waals surface area contributed by atoms with Gasteiger partial charge >= 0.3 is 0 Å². The smallest absolute Gasteiger partial charge is 0.139 e. The first-order valence-corrected chi connectivity index (χ1v) is 3.45. The Kier molecular flexibility index (Phi) is 2.28. The van der Waals surface area contributed by atoms with E-state index in [2.05, 4.69) is 15.4 Å². The second-order valence-corrected chi connectivity index (χ2v) is 3.78. The highest BCUT2D eigenvalue weighted by Crippen LogP contribution is 2.35. The SMILES string of the molecule is ClC(Cl)(Cl)c1ccnnn1. The molecule has 54 valence electrons. The van der Waals surface area contributed by atoms with Crippen LogP contribution in [-0.2, 0) is 3.79 Å². The Hall–Kier alpha value is -0.120. The van der Waals surface area contributed by atoms with Gasteiger partial charge in [-0.3, -0.25) is 0 Å². The van der Waals surface area contributed by atoms with E-state index in [-0.39, 0.29) is 5.69 Å². The van der Waals surface area contributed by atoms with Gasteiger partial charge in [-0.1, -0.05) is 34.8 Å². The maximum atomic E-state index is 5.46. The lowest BCUT2D eigenvalue weighted by molar-refractivity contribution is 0.819. The molecule has 0 unspecified atom stereocenters. The van der Waals surface area contributed by atoms with Gasteiger partial charge in [0.25, 0.3) is 0 Å². The van der Waals surface area contributed by atoms with Gasteiger partial charge in [-0.25, -0.2) is 0 Å². The molecule has 3 nitrogen and oxygen atoms in total. The highest BCUT2D eigenvalue weighted by atomic mass is 35.6. The van der Waals surface area contributed by atoms with Crippen LogP contribution >= 0.6 is 34.8 Å². The summed E-state index contributed by atoms with van der Waals surface area (Å²) in [4.78, 5) is 0. The van der Waals surface area contributed by atoms with Crippen LogP contribution in [0.1, 0.15) is 5.69 Å². The van der Waals surface area contributed by atoms with Crippen LogP contribution in [0.2, 0.25) is 0 Å². The Balaban J connectivity index is 2.97. The van der Waals surface area contributed by atoms with Crippen LogP contribution < -0.4 is 0 Å². The number of alkyl halides is 3. The van der Waals surface area contributed by atoms with Crippen LogP contribution in [-0.4, -0.2) is 15.4 Å². The second kappa shape index (κ2) is 2.86. The number of halogens is 3. The quantitative estimate of drug-likeness (QED) is 0.596. The highest BCUT2D eigenvalue weighted by molar-refractivity contribution is 6.66. The summed E-state index contributed by atoms with van der Waals surface area (Å²) in [7, 11) is 0. The Morgan fingerprint density at radius 3 is 2.30 bits per heavy atom. The van der Waals surface area contributed by atoms with Crippen LogP contribution in [0.3, 0.4) is 0 Å². The van der Waals surface area contributed by atoms with E-state index in [1.807, 2.05) is 0 Å². The van der Waals surface area contributed by atoms with E-state index < -0.39 is 3.79 Å². The maximum absolute atomic E-state index is 5.46. The van der Waals surface area contributed by atoms with E-state index >= 15 is 0 Å². The van der Waals surface area contributed by atoms with Gasteiger partial charge in [0.15, 0.2) is 0 Å². The minimum atomic E-state index is -1.50. The van der Waals surface area contributed by atoms with Crippen LogP contribution in [0.25, 0.3) is 0 Å². The first-order valence-electron chi connectivity index (χ1n) is 2.32. The molecule has 0 N–H and O–H groups in total. The van der Waals surface area contributed by atoms with Crippen molar-refractivity contribution in [2.45, 2.75) is 3.79 Å². The van der Waals surface area contributed by atoms with Crippen molar-refractivity contribution in [3.05, 3.63) is 18.0 Å². The fourth-order valence-electron chi connectivity index (χ4n) is 0.392. The minimum absolute atomic E-state index is 0.271. The average molecular weight is 198 g/mol. The van der Waals surface area contributed by atoms with E-state index in [0.29, 0.717) is 0 Å². The zero-order valence-electron chi connectivity index (χ0n) is 4.63. The fraction of sp³-hybridized carbons (Fsp3) is 0.250. The Labute approximate surface area is 72.3 Å². The van der Waals surface area contributed by atoms with Crippen LogP contribution in [0.4, 0.5) is 0 Å². The molecular formula is C4H2Cl3N3. The summed E-state index contributed by atoms with van der Waals surface area (Å²) < 4.78 is -1.50. The molecule has 0 aliphatic heterocycles. The standard InChI is InChI=1S/C4H2Cl3N3/c5-4(6,7)3-1-2-8-10-9-3/h1-2H. The molecule has 0 aromatic carbocycles. The second-order valence-electron chi connectivity index (χ2n) is 1.50. The third-order valence-corrected chi connectivity index (χ3v) is 1.37. The molecular weight excluding hydrogens is 196 g/mol. The van der Waals surface area contributed by atoms with E-state index in [4.69, 9.17) is 34.8 Å². The predicted octanol–water partition coefficient (Wildman–Crippen LogP) is 1.70. The molecule has 0 aliphatic rings. The van der Waals surface area contributed by atoms with Gasteiger partial charge in [0, 0.05) is 0 Å². The Morgan fingerprint density at radius 1 is 1.30 bits per heavy atom. The molecule has 0 fully saturated rings. The molecule has 0 bridgehead atoms. The normalized spacial score (nSPS) is 11.5. The summed E-state index contributed by atoms with van der Waals surface area (Å²) >= 11 is 16.4. The van der Waals surface area contributed by atoms with Crippen molar-refractivity contribution in [1.29, 1.82) is 0 Å². The summed E-state index contributed by atoms with van der Waals surface area (Å²) in [5, 5.41) is 10.2. The molecule has 0 aliphatic carbocycles. The third-order valence-electron chi connectivity index (χ3n) is 0.794. The van der Waals surface area contributed by atoms with E-state index in [0.717, 1.165) is 0 Å². The van der Waals surface area contributed by atoms with E-state index in [1.165, 1.54) is 12.3 Å². The van der Waals surface area contributed by atoms with Crippen molar-refractivity contribution in [3.63, 3.8) is 0 Å². The molecule has 0 saturated carbocycles. The van der Waals surface area contributed by atoms with Crippen LogP contribution in [0.5, 0.6) is 0 Å². The first kappa shape index (κ1) is 7.98. The van der Waals surface area contributed by atoms with Gasteiger partial charge in [-0.2, -0.15) is 0 Å². The van der Waals surface area contributed by atoms with Crippen molar-refractivity contribution < 1.29 is 0 Å². The van der Waals surface area contributed by atoms with Gasteiger partial charge in [0.2, 0.25) is 3.79 Å². The van der Waals surface area contributed by atoms with Gasteiger partial charge < -0.3 is 0 Å². The Bertz CT molecular complexity index is 207. The predicted molar refractivity (Wildman–Crippen MR) is 39.1 cm³/mol. The summed E-state index contributed by atoms with van der Waals surface area (Å²) in [6.07, 6.45) is 1.41. The van der Waals surface area contributed by atoms with Crippen molar-refractivity contribution >= 4 is 34.8 Å². The lowest BCUT2D eigenvalue weighted by Crippen LogP contribution is -2.04. The number of rotatable bonds is 0. The molecule has 1 heterocycles. The monoisotopic (exact) mass is 197 g/mol. The number of aromatic nitrogens is 3. The summed E-state index contributed by atoms with van der Waals surface area (Å²) in [6, 6.07) is 1.49. The third kappa shape index (κ3) is 1.94. The summed E-state index contributed by atoms with van der Waals surface area (Å²) in [5.41, 5.74) is 0.271. The summed E-state index contributed by atoms with van der Waals surface area (Å²) in [5.74, 6) is 0. The average Bonchev–Trinajstić information content (AvgIpc) is 1.88. The number of hydrogen-bond acceptors (Lipinski definition) is 3. The molecule has 10 heavy (non-hydrogen) atoms. The zero-order chi connectivity index (χ0) is 7.61. The first-order chi connectivity index (χ1) is 4.61. The fourth-order valence-corrected chi connectivity index (χ4v) is 0.695. The van der Waals surface area contributed by atoms with E-state index in [1.54, 1.807) is 0 Å². The number of nitrogens with zero attached hydrogens (tertiary/aromatic N) is 3. The molecule has 6 heteroatoms. The van der Waals surface area contributed by atoms with Gasteiger partial charge in [0.1, 0.15) is 5.69 Å². The topological polar surface area (TPSA) is 38.7 Å². The van der Waals surface area contributed by atoms with Crippen LogP contribution in [0, 0.1) is 0 Å². The van der Waals surface area contributed by atoms with E-state index in [9.17, 15) is 0 Å². The van der Waals surface area contributed by atoms with Gasteiger partial charge in [0.05, 0.1) is 6.20 Å². The molecule has 0 atom stereocenters. The summed E-state index contributed by atoms with van der Waals surface area (Å²) in [6.45, 7) is 0. The number of hydrogen-bond donors (Lipinski definition) is 0. The molecule has 0 amide bonds. The lowest BCUT2D eigenvalue weighted by Gasteiger charge is -2.06. The molecule has 0 spiro atoms. The minimum Gasteiger partial charge on any atom is -0.139 e. The lowest BCUT2D eigenvalue weighted by atomic mass is 10.5. The van der Waals surface area contributed by atoms with Gasteiger partial charge in [-0.05, 0) is 11.3 Å². The highest BCUT2D eigenvalue weighted by Gasteiger charge is 2.24. The molecule has 0 saturated heterocycles. The molecule has 1 aromatic heterocycles. The van der Waals surface area contributed by atoms with Crippen LogP contribution in [0.15, 0.2) is 12.3 Å².